The van der Waals surface area contributed by atoms with Gasteiger partial charge in [0.1, 0.15) is 16.9 Å². The highest BCUT2D eigenvalue weighted by Gasteiger charge is 2.39. The lowest BCUT2D eigenvalue weighted by Crippen LogP contribution is -2.58. The Morgan fingerprint density at radius 3 is 2.34 bits per heavy atom. The fraction of sp³-hybridized carbons (Fsp3) is 0.450. The van der Waals surface area contributed by atoms with Gasteiger partial charge in [0.05, 0.1) is 11.5 Å². The molecule has 0 saturated heterocycles. The zero-order chi connectivity index (χ0) is 21.2. The number of rotatable bonds is 6. The molecular formula is C20H25N5O4. The molecule has 3 N–H and O–H groups in total. The quantitative estimate of drug-likeness (QED) is 0.568. The van der Waals surface area contributed by atoms with Crippen LogP contribution in [0.15, 0.2) is 24.3 Å². The average Bonchev–Trinajstić information content (AvgIpc) is 2.96. The van der Waals surface area contributed by atoms with Gasteiger partial charge in [-0.05, 0) is 44.4 Å². The zero-order valence-corrected chi connectivity index (χ0v) is 16.6. The van der Waals surface area contributed by atoms with Crippen LogP contribution in [0, 0.1) is 24.0 Å². The van der Waals surface area contributed by atoms with Gasteiger partial charge < -0.3 is 11.1 Å². The molecule has 9 heteroatoms. The van der Waals surface area contributed by atoms with Gasteiger partial charge in [-0.25, -0.2) is 0 Å². The summed E-state index contributed by atoms with van der Waals surface area (Å²) < 4.78 is 1.58. The number of carbonyl (C=O) groups is 2. The van der Waals surface area contributed by atoms with E-state index in [1.54, 1.807) is 42.8 Å². The minimum absolute atomic E-state index is 0.0187. The van der Waals surface area contributed by atoms with Gasteiger partial charge in [-0.15, -0.1) is 0 Å². The number of aromatic nitrogens is 2. The molecule has 1 aliphatic carbocycles. The molecule has 2 amide bonds. The number of hydrogen-bond acceptors (Lipinski definition) is 5. The first-order valence-electron chi connectivity index (χ1n) is 9.63. The van der Waals surface area contributed by atoms with E-state index in [-0.39, 0.29) is 11.6 Å². The summed E-state index contributed by atoms with van der Waals surface area (Å²) in [6.07, 6.45) is 3.86. The van der Waals surface area contributed by atoms with Crippen LogP contribution in [-0.4, -0.2) is 32.1 Å². The van der Waals surface area contributed by atoms with Crippen molar-refractivity contribution in [3.05, 3.63) is 56.9 Å². The molecule has 3 rings (SSSR count). The van der Waals surface area contributed by atoms with Crippen molar-refractivity contribution in [2.24, 2.45) is 5.73 Å². The number of aryl methyl sites for hydroxylation is 1. The summed E-state index contributed by atoms with van der Waals surface area (Å²) in [4.78, 5) is 35.3. The fourth-order valence-corrected chi connectivity index (χ4v) is 3.92. The van der Waals surface area contributed by atoms with Gasteiger partial charge in [0.25, 0.3) is 5.91 Å². The normalized spacial score (nSPS) is 15.7. The highest BCUT2D eigenvalue weighted by Crippen LogP contribution is 2.28. The van der Waals surface area contributed by atoms with E-state index < -0.39 is 16.4 Å². The average molecular weight is 399 g/mol. The number of nitrogens with two attached hydrogens (primary N) is 1. The Labute approximate surface area is 168 Å². The number of carbonyl (C=O) groups excluding carboxylic acids is 2. The second-order valence-electron chi connectivity index (χ2n) is 7.59. The second kappa shape index (κ2) is 8.02. The first-order valence-corrected chi connectivity index (χ1v) is 9.63. The molecule has 0 aliphatic heterocycles. The van der Waals surface area contributed by atoms with Gasteiger partial charge in [0, 0.05) is 5.56 Å². The molecule has 0 unspecified atom stereocenters. The van der Waals surface area contributed by atoms with Crippen LogP contribution < -0.4 is 11.1 Å². The van der Waals surface area contributed by atoms with Gasteiger partial charge in [0.2, 0.25) is 5.91 Å². The summed E-state index contributed by atoms with van der Waals surface area (Å²) in [6.45, 7) is 3.62. The molecule has 9 nitrogen and oxygen atoms in total. The third-order valence-corrected chi connectivity index (χ3v) is 5.61. The lowest BCUT2D eigenvalue weighted by atomic mass is 9.81. The van der Waals surface area contributed by atoms with Crippen LogP contribution in [0.4, 0.5) is 5.69 Å². The number of nitrogens with zero attached hydrogens (tertiary/aromatic N) is 3. The number of nitro groups is 1. The summed E-state index contributed by atoms with van der Waals surface area (Å²) in [5, 5.41) is 18.2. The van der Waals surface area contributed by atoms with E-state index in [0.717, 1.165) is 24.8 Å². The molecule has 0 bridgehead atoms. The van der Waals surface area contributed by atoms with Crippen LogP contribution in [0.25, 0.3) is 0 Å². The third-order valence-electron chi connectivity index (χ3n) is 5.61. The highest BCUT2D eigenvalue weighted by atomic mass is 16.6. The maximum Gasteiger partial charge on any atom is 0.312 e. The Balaban J connectivity index is 1.73. The Morgan fingerprint density at radius 1 is 1.21 bits per heavy atom. The van der Waals surface area contributed by atoms with E-state index in [9.17, 15) is 19.7 Å². The Hall–Kier alpha value is -3.23. The highest BCUT2D eigenvalue weighted by molar-refractivity contribution is 5.99. The van der Waals surface area contributed by atoms with Crippen molar-refractivity contribution in [2.45, 2.75) is 58.0 Å². The maximum atomic E-state index is 12.7. The van der Waals surface area contributed by atoms with Crippen molar-refractivity contribution >= 4 is 17.5 Å². The summed E-state index contributed by atoms with van der Waals surface area (Å²) in [5.74, 6) is -0.827. The molecule has 154 valence electrons. The van der Waals surface area contributed by atoms with Gasteiger partial charge in [0.15, 0.2) is 0 Å². The summed E-state index contributed by atoms with van der Waals surface area (Å²) in [7, 11) is 0. The maximum absolute atomic E-state index is 12.7. The van der Waals surface area contributed by atoms with E-state index >= 15 is 0 Å². The van der Waals surface area contributed by atoms with Crippen molar-refractivity contribution in [1.29, 1.82) is 0 Å². The third kappa shape index (κ3) is 4.13. The molecule has 1 aromatic heterocycles. The Morgan fingerprint density at radius 2 is 1.83 bits per heavy atom. The SMILES string of the molecule is Cc1nn(Cc2ccc(C(=O)NC3(C(N)=O)CCCCC3)cc2)c(C)c1[N+](=O)[O-]. The molecule has 1 heterocycles. The van der Waals surface area contributed by atoms with Crippen LogP contribution in [0.3, 0.4) is 0 Å². The van der Waals surface area contributed by atoms with E-state index in [1.165, 1.54) is 0 Å². The number of hydrogen-bond donors (Lipinski definition) is 2. The Bertz CT molecular complexity index is 943. The molecule has 1 saturated carbocycles. The monoisotopic (exact) mass is 399 g/mol. The molecule has 1 aliphatic rings. The summed E-state index contributed by atoms with van der Waals surface area (Å²) >= 11 is 0. The number of benzene rings is 1. The van der Waals surface area contributed by atoms with Crippen molar-refractivity contribution in [3.63, 3.8) is 0 Å². The molecule has 0 spiro atoms. The first-order chi connectivity index (χ1) is 13.7. The van der Waals surface area contributed by atoms with Crippen LogP contribution >= 0.6 is 0 Å². The molecule has 1 fully saturated rings. The zero-order valence-electron chi connectivity index (χ0n) is 16.6. The fourth-order valence-electron chi connectivity index (χ4n) is 3.92. The number of amides is 2. The van der Waals surface area contributed by atoms with Crippen molar-refractivity contribution in [1.82, 2.24) is 15.1 Å². The van der Waals surface area contributed by atoms with E-state index in [0.29, 0.717) is 36.3 Å². The largest absolute Gasteiger partial charge is 0.368 e. The second-order valence-corrected chi connectivity index (χ2v) is 7.59. The number of nitrogens with one attached hydrogen (secondary N) is 1. The predicted molar refractivity (Wildman–Crippen MR) is 106 cm³/mol. The van der Waals surface area contributed by atoms with Gasteiger partial charge >= 0.3 is 5.69 Å². The smallest absolute Gasteiger partial charge is 0.312 e. The van der Waals surface area contributed by atoms with Gasteiger partial charge in [-0.2, -0.15) is 5.10 Å². The standard InChI is InChI=1S/C20H25N5O4/c1-13-17(25(28)29)14(2)24(23-13)12-15-6-8-16(9-7-15)18(26)22-20(19(21)27)10-4-3-5-11-20/h6-9H,3-5,10-12H2,1-2H3,(H2,21,27)(H,22,26). The van der Waals surface area contributed by atoms with Crippen LogP contribution in [0.5, 0.6) is 0 Å². The van der Waals surface area contributed by atoms with Crippen molar-refractivity contribution in [3.8, 4) is 0 Å². The molecular weight excluding hydrogens is 374 g/mol. The summed E-state index contributed by atoms with van der Waals surface area (Å²) in [5.41, 5.74) is 6.75. The lowest BCUT2D eigenvalue weighted by Gasteiger charge is -2.35. The van der Waals surface area contributed by atoms with E-state index in [1.807, 2.05) is 0 Å². The number of primary amides is 1. The Kier molecular flexibility index (Phi) is 5.67. The topological polar surface area (TPSA) is 133 Å². The minimum Gasteiger partial charge on any atom is -0.368 e. The molecule has 1 aromatic carbocycles. The lowest BCUT2D eigenvalue weighted by molar-refractivity contribution is -0.386. The van der Waals surface area contributed by atoms with Crippen LogP contribution in [-0.2, 0) is 11.3 Å². The van der Waals surface area contributed by atoms with Crippen molar-refractivity contribution < 1.29 is 14.5 Å². The van der Waals surface area contributed by atoms with Crippen LogP contribution in [0.1, 0.15) is 59.4 Å². The predicted octanol–water partition coefficient (Wildman–Crippen LogP) is 2.37. The first kappa shape index (κ1) is 20.5. The molecule has 0 radical (unpaired) electrons. The molecule has 0 atom stereocenters. The van der Waals surface area contributed by atoms with Crippen LogP contribution in [0.2, 0.25) is 0 Å². The van der Waals surface area contributed by atoms with Gasteiger partial charge in [-0.3, -0.25) is 24.4 Å². The van der Waals surface area contributed by atoms with E-state index in [4.69, 9.17) is 5.73 Å². The molecule has 29 heavy (non-hydrogen) atoms. The summed E-state index contributed by atoms with van der Waals surface area (Å²) in [6, 6.07) is 6.88. The van der Waals surface area contributed by atoms with Crippen molar-refractivity contribution in [2.75, 3.05) is 0 Å². The van der Waals surface area contributed by atoms with Gasteiger partial charge in [-0.1, -0.05) is 31.4 Å². The molecule has 2 aromatic rings. The van der Waals surface area contributed by atoms with E-state index in [2.05, 4.69) is 10.4 Å². The minimum atomic E-state index is -0.976.